The van der Waals surface area contributed by atoms with E-state index >= 15 is 0 Å². The van der Waals surface area contributed by atoms with E-state index in [0.717, 1.165) is 6.92 Å². The van der Waals surface area contributed by atoms with Crippen LogP contribution < -0.4 is 11.2 Å². The van der Waals surface area contributed by atoms with E-state index < -0.39 is 72.7 Å². The number of nitrogens with zero attached hydrogens (tertiary/aromatic N) is 1. The van der Waals surface area contributed by atoms with Crippen molar-refractivity contribution >= 4 is 19.8 Å². The van der Waals surface area contributed by atoms with Gasteiger partial charge in [-0.1, -0.05) is 13.8 Å². The zero-order valence-corrected chi connectivity index (χ0v) is 20.2. The molecule has 13 nitrogen and oxygen atoms in total. The predicted octanol–water partition coefficient (Wildman–Crippen LogP) is 1.03. The van der Waals surface area contributed by atoms with Crippen molar-refractivity contribution in [3.63, 3.8) is 0 Å². The first-order chi connectivity index (χ1) is 15.8. The first-order valence-corrected chi connectivity index (χ1v) is 12.2. The van der Waals surface area contributed by atoms with Crippen LogP contribution in [0.5, 0.6) is 0 Å². The van der Waals surface area contributed by atoms with Gasteiger partial charge in [0.1, 0.15) is 24.0 Å². The van der Waals surface area contributed by atoms with Gasteiger partial charge in [-0.3, -0.25) is 32.7 Å². The summed E-state index contributed by atoms with van der Waals surface area (Å²) in [5.74, 6) is -1.43. The number of fused-ring (bicyclic) bond motifs is 1. The van der Waals surface area contributed by atoms with E-state index in [-0.39, 0.29) is 13.0 Å². The molecule has 14 heteroatoms. The molecule has 0 aromatic carbocycles. The van der Waals surface area contributed by atoms with E-state index in [4.69, 9.17) is 27.8 Å². The summed E-state index contributed by atoms with van der Waals surface area (Å²) in [6.07, 6.45) is -2.55. The first-order valence-electron chi connectivity index (χ1n) is 10.8. The van der Waals surface area contributed by atoms with Crippen LogP contribution in [0.4, 0.5) is 0 Å². The predicted molar refractivity (Wildman–Crippen MR) is 113 cm³/mol. The third-order valence-corrected chi connectivity index (χ3v) is 7.58. The second kappa shape index (κ2) is 8.42. The number of phosphoric ester groups is 1. The van der Waals surface area contributed by atoms with Crippen molar-refractivity contribution in [2.75, 3.05) is 6.61 Å². The van der Waals surface area contributed by atoms with Gasteiger partial charge in [-0.15, -0.1) is 0 Å². The highest BCUT2D eigenvalue weighted by molar-refractivity contribution is 7.48. The number of carbonyl (C=O) groups is 2. The molecule has 4 rings (SSSR count). The van der Waals surface area contributed by atoms with Gasteiger partial charge in [-0.2, -0.15) is 0 Å². The van der Waals surface area contributed by atoms with Gasteiger partial charge in [-0.05, 0) is 13.8 Å². The van der Waals surface area contributed by atoms with Gasteiger partial charge in [0.15, 0.2) is 0 Å². The number of phosphoric acid groups is 1. The van der Waals surface area contributed by atoms with E-state index in [1.165, 1.54) is 16.8 Å². The summed E-state index contributed by atoms with van der Waals surface area (Å²) in [6, 6.07) is 1.20. The van der Waals surface area contributed by atoms with Crippen LogP contribution in [0.2, 0.25) is 0 Å². The number of hydrogen-bond acceptors (Lipinski definition) is 11. The maximum atomic E-state index is 13.1. The van der Waals surface area contributed by atoms with Crippen LogP contribution in [0.25, 0.3) is 0 Å². The molecular weight excluding hydrogens is 475 g/mol. The zero-order valence-electron chi connectivity index (χ0n) is 19.3. The smallest absolute Gasteiger partial charge is 0.460 e. The molecule has 1 unspecified atom stereocenters. The number of esters is 2. The second-order valence-electron chi connectivity index (χ2n) is 9.21. The third-order valence-electron chi connectivity index (χ3n) is 6.07. The van der Waals surface area contributed by atoms with E-state index in [0.29, 0.717) is 0 Å². The molecule has 1 spiro atoms. The fraction of sp³-hybridized carbons (Fsp3) is 0.700. The number of aromatic amines is 1. The van der Waals surface area contributed by atoms with Crippen LogP contribution in [0.1, 0.15) is 47.3 Å². The van der Waals surface area contributed by atoms with Crippen molar-refractivity contribution in [3.8, 4) is 0 Å². The van der Waals surface area contributed by atoms with Gasteiger partial charge in [0.05, 0.1) is 12.7 Å². The van der Waals surface area contributed by atoms with Crippen molar-refractivity contribution in [1.82, 2.24) is 9.55 Å². The molecule has 188 valence electrons. The minimum absolute atomic E-state index is 0.127. The molecule has 3 fully saturated rings. The van der Waals surface area contributed by atoms with E-state index in [2.05, 4.69) is 4.98 Å². The van der Waals surface area contributed by atoms with Crippen molar-refractivity contribution in [2.45, 2.75) is 77.3 Å². The van der Waals surface area contributed by atoms with Crippen molar-refractivity contribution < 1.29 is 41.9 Å². The van der Waals surface area contributed by atoms with Gasteiger partial charge in [0.2, 0.25) is 6.10 Å². The molecule has 3 heterocycles. The molecule has 1 aromatic rings. The monoisotopic (exact) mass is 502 g/mol. The quantitative estimate of drug-likeness (QED) is 0.399. The van der Waals surface area contributed by atoms with Crippen LogP contribution in [-0.2, 0) is 41.9 Å². The first kappa shape index (κ1) is 24.8. The van der Waals surface area contributed by atoms with Gasteiger partial charge in [-0.25, -0.2) is 14.2 Å². The molecule has 2 saturated heterocycles. The largest absolute Gasteiger partial charge is 0.476 e. The molecule has 2 aliphatic heterocycles. The molecule has 1 aliphatic carbocycles. The van der Waals surface area contributed by atoms with Crippen LogP contribution in [0.3, 0.4) is 0 Å². The van der Waals surface area contributed by atoms with Crippen LogP contribution in [0, 0.1) is 5.41 Å². The maximum absolute atomic E-state index is 13.1. The standard InChI is InChI=1S/C20H27N2O11P/c1-10(2)29-16(25)12(30-11(3)23)7-9-28-34(27)32-15-14-20(15,33-34)19(4,5)17(31-14)22-8-6-13(24)21-18(22)26/h6,8,10,12,14-15,17H,7,9H2,1-5H3,(H,21,24,26)/t12-,14+,15?,17+,20-,34+/m0/s1. The van der Waals surface area contributed by atoms with E-state index in [9.17, 15) is 23.7 Å². The van der Waals surface area contributed by atoms with Crippen LogP contribution in [-0.4, -0.2) is 58.1 Å². The van der Waals surface area contributed by atoms with Crippen molar-refractivity contribution in [1.29, 1.82) is 0 Å². The maximum Gasteiger partial charge on any atom is 0.476 e. The summed E-state index contributed by atoms with van der Waals surface area (Å²) in [4.78, 5) is 49.3. The number of hydrogen-bond donors (Lipinski definition) is 1. The summed E-state index contributed by atoms with van der Waals surface area (Å²) in [5.41, 5.74) is -3.21. The number of rotatable bonds is 8. The summed E-state index contributed by atoms with van der Waals surface area (Å²) in [7, 11) is -4.04. The average Bonchev–Trinajstić information content (AvgIpc) is 3.03. The molecule has 0 amide bonds. The highest BCUT2D eigenvalue weighted by Gasteiger charge is 2.89. The SMILES string of the molecule is CC(=O)O[C@@H](CCO[P@]1(=O)OC2[C@H]3O[C@@H](n4ccc(=O)[nH]c4=O)C(C)(C)[C@@]23O1)C(=O)OC(C)C. The lowest BCUT2D eigenvalue weighted by molar-refractivity contribution is -0.170. The minimum Gasteiger partial charge on any atom is -0.460 e. The Morgan fingerprint density at radius 1 is 1.24 bits per heavy atom. The van der Waals surface area contributed by atoms with Gasteiger partial charge in [0.25, 0.3) is 5.56 Å². The Hall–Kier alpha value is -2.31. The van der Waals surface area contributed by atoms with Crippen molar-refractivity contribution in [3.05, 3.63) is 33.1 Å². The molecule has 6 atom stereocenters. The molecule has 0 bridgehead atoms. The van der Waals surface area contributed by atoms with Gasteiger partial charge in [0, 0.05) is 31.0 Å². The molecule has 34 heavy (non-hydrogen) atoms. The van der Waals surface area contributed by atoms with Crippen LogP contribution in [0.15, 0.2) is 21.9 Å². The van der Waals surface area contributed by atoms with Gasteiger partial charge < -0.3 is 14.2 Å². The highest BCUT2D eigenvalue weighted by atomic mass is 31.2. The van der Waals surface area contributed by atoms with Crippen molar-refractivity contribution in [2.24, 2.45) is 5.41 Å². The Bertz CT molecular complexity index is 1160. The summed E-state index contributed by atoms with van der Waals surface area (Å²) < 4.78 is 47.1. The van der Waals surface area contributed by atoms with Crippen LogP contribution >= 0.6 is 7.82 Å². The summed E-state index contributed by atoms with van der Waals surface area (Å²) in [5, 5.41) is 0. The Kier molecular flexibility index (Phi) is 6.14. The lowest BCUT2D eigenvalue weighted by Crippen LogP contribution is -2.43. The number of ether oxygens (including phenoxy) is 3. The molecule has 3 aliphatic rings. The molecule has 1 N–H and O–H groups in total. The highest BCUT2D eigenvalue weighted by Crippen LogP contribution is 2.79. The molecule has 1 saturated carbocycles. The van der Waals surface area contributed by atoms with Gasteiger partial charge >= 0.3 is 25.5 Å². The number of carbonyl (C=O) groups excluding carboxylic acids is 2. The Labute approximate surface area is 194 Å². The summed E-state index contributed by atoms with van der Waals surface area (Å²) >= 11 is 0. The fourth-order valence-electron chi connectivity index (χ4n) is 4.50. The molecule has 1 aromatic heterocycles. The Balaban J connectivity index is 1.42. The number of nitrogens with one attached hydrogen (secondary N) is 1. The molecular formula is C20H27N2O11P. The second-order valence-corrected chi connectivity index (χ2v) is 10.8. The Morgan fingerprint density at radius 2 is 1.94 bits per heavy atom. The fourth-order valence-corrected chi connectivity index (χ4v) is 6.35. The Morgan fingerprint density at radius 3 is 2.56 bits per heavy atom. The normalized spacial score (nSPS) is 33.8. The summed E-state index contributed by atoms with van der Waals surface area (Å²) in [6.45, 7) is 7.72. The topological polar surface area (TPSA) is 161 Å². The minimum atomic E-state index is -4.04. The lowest BCUT2D eigenvalue weighted by Gasteiger charge is -2.33. The number of aromatic nitrogens is 2. The third kappa shape index (κ3) is 4.05. The molecule has 0 radical (unpaired) electrons. The average molecular weight is 502 g/mol. The lowest BCUT2D eigenvalue weighted by atomic mass is 9.83. The zero-order chi connectivity index (χ0) is 25.1. The number of H-pyrrole nitrogens is 1. The van der Waals surface area contributed by atoms with E-state index in [1.54, 1.807) is 27.7 Å². The van der Waals surface area contributed by atoms with E-state index in [1.807, 2.05) is 0 Å².